The van der Waals surface area contributed by atoms with Gasteiger partial charge >= 0.3 is 12.0 Å². The number of methoxy groups -OCH3 is 1. The van der Waals surface area contributed by atoms with Gasteiger partial charge in [0.2, 0.25) is 11.8 Å². The lowest BCUT2D eigenvalue weighted by Gasteiger charge is -2.45. The molecule has 6 heterocycles. The van der Waals surface area contributed by atoms with Crippen LogP contribution in [0.5, 0.6) is 0 Å². The highest BCUT2D eigenvalue weighted by Gasteiger charge is 2.41. The fraction of sp³-hybridized carbons (Fsp3) is 0.531. The molecule has 0 aliphatic carbocycles. The minimum Gasteiger partial charge on any atom is -0.464 e. The minimum absolute atomic E-state index is 0. The monoisotopic (exact) mass is 1060 g/mol. The fourth-order valence-electron chi connectivity index (χ4n) is 9.41. The number of likely N-dealkylation sites (tertiary alicyclic amines) is 1. The van der Waals surface area contributed by atoms with E-state index in [4.69, 9.17) is 19.4 Å². The van der Waals surface area contributed by atoms with Crippen molar-refractivity contribution in [3.8, 4) is 22.5 Å². The van der Waals surface area contributed by atoms with E-state index in [-0.39, 0.29) is 97.0 Å². The van der Waals surface area contributed by atoms with Gasteiger partial charge in [-0.2, -0.15) is 54.0 Å². The van der Waals surface area contributed by atoms with E-state index in [1.807, 2.05) is 32.2 Å². The molecule has 0 saturated carbocycles. The van der Waals surface area contributed by atoms with Crippen molar-refractivity contribution in [2.75, 3.05) is 47.4 Å². The zero-order valence-electron chi connectivity index (χ0n) is 42.0. The number of likely N-dealkylation sites (N-methyl/N-ethyl adjacent to an activating group) is 2. The number of amides is 5. The third-order valence-electron chi connectivity index (χ3n) is 13.1. The molecule has 0 unspecified atom stereocenters. The summed E-state index contributed by atoms with van der Waals surface area (Å²) in [7, 11) is 4.93. The summed E-state index contributed by atoms with van der Waals surface area (Å²) in [6.45, 7) is 19.3. The van der Waals surface area contributed by atoms with Gasteiger partial charge in [0.25, 0.3) is 5.91 Å². The Morgan fingerprint density at radius 3 is 2.43 bits per heavy atom. The smallest absolute Gasteiger partial charge is 0.324 e. The van der Waals surface area contributed by atoms with Gasteiger partial charge in [-0.25, -0.2) is 15.2 Å². The first kappa shape index (κ1) is 60.1. The number of rotatable bonds is 10. The molecule has 4 aromatic rings. The normalized spacial score (nSPS) is 18.8. The zero-order chi connectivity index (χ0) is 47.8. The number of pyridine rings is 1. The number of benzene rings is 1. The molecule has 0 radical (unpaired) electrons. The van der Waals surface area contributed by atoms with Crippen LogP contribution in [-0.4, -0.2) is 136 Å². The van der Waals surface area contributed by atoms with E-state index in [2.05, 4.69) is 66.9 Å². The average Bonchev–Trinajstić information content (AvgIpc) is 3.87. The maximum atomic E-state index is 14.6. The molecule has 0 spiro atoms. The van der Waals surface area contributed by atoms with Gasteiger partial charge in [-0.05, 0) is 75.8 Å². The summed E-state index contributed by atoms with van der Waals surface area (Å²) in [4.78, 5) is 83.8. The number of aryl methyl sites for hydroxylation is 1. The molecule has 6 bridgehead atoms. The number of hydrogen-bond donors (Lipinski definition) is 2. The molecule has 70 heavy (non-hydrogen) atoms. The van der Waals surface area contributed by atoms with Crippen LogP contribution < -0.4 is 10.7 Å². The second-order valence-corrected chi connectivity index (χ2v) is 20.1. The molecule has 4 atom stereocenters. The Labute approximate surface area is 444 Å². The van der Waals surface area contributed by atoms with Gasteiger partial charge in [-0.15, -0.1) is 11.3 Å². The molecule has 3 aliphatic heterocycles. The SMILES string of the molecule is C=C(C)C(=O)N1CC(N(C)C(=O)N(C)[C@H](C(=O)N[C@H]2Cc3nc(cs3)-c3ccc4c(c3)c(c(-c3cccnc3[C@H](C)OC)n4CC)CC(C)(C)COC(=O)[C@@H]3CCCN(N3)C2=O)C(C)C)C1.S.S.S.S. The molecule has 1 aromatic carbocycles. The molecule has 21 heteroatoms. The van der Waals surface area contributed by atoms with Crippen LogP contribution >= 0.6 is 65.3 Å². The second-order valence-electron chi connectivity index (χ2n) is 19.1. The number of aromatic nitrogens is 3. The van der Waals surface area contributed by atoms with Crippen molar-refractivity contribution >= 4 is 106 Å². The Bertz CT molecular complexity index is 2530. The fourth-order valence-corrected chi connectivity index (χ4v) is 10.3. The maximum Gasteiger partial charge on any atom is 0.324 e. The Kier molecular flexibility index (Phi) is 21.4. The summed E-state index contributed by atoms with van der Waals surface area (Å²) in [6.07, 6.45) is 3.17. The predicted molar refractivity (Wildman–Crippen MR) is 296 cm³/mol. The van der Waals surface area contributed by atoms with Gasteiger partial charge in [-0.3, -0.25) is 29.2 Å². The van der Waals surface area contributed by atoms with Crippen molar-refractivity contribution < 1.29 is 33.4 Å². The summed E-state index contributed by atoms with van der Waals surface area (Å²) in [6, 6.07) is 6.96. The highest BCUT2D eigenvalue weighted by atomic mass is 32.1. The highest BCUT2D eigenvalue weighted by molar-refractivity contribution is 7.59. The van der Waals surface area contributed by atoms with Crippen LogP contribution in [0.3, 0.4) is 0 Å². The standard InChI is InChI=1S/C49H65N9O7S.4H2S/c1-12-57-39-18-17-31-21-34(39)35(43(57)33-15-13-19-50-41(33)30(6)64-11)23-49(7,8)27-65-47(62)36-16-14-20-58(53-36)46(61)37(22-40-51-38(31)26-66-40)52-44(59)42(28(2)3)55(10)48(63)54(9)32-24-56(25-32)45(60)29(4)5;;;;/h13,15,17-19,21,26,28,30,32,36-37,42,53H,4,12,14,16,20,22-25,27H2,1-3,5-11H3,(H,52,59);4*1H2/t30-,36-,37-,42-;;;;/m0..../s1. The van der Waals surface area contributed by atoms with E-state index in [0.29, 0.717) is 56.0 Å². The molecular formula is C49H73N9O7S5. The third kappa shape index (κ3) is 12.5. The van der Waals surface area contributed by atoms with E-state index in [1.54, 1.807) is 44.1 Å². The Balaban J connectivity index is 0.00000324. The second kappa shape index (κ2) is 24.9. The van der Waals surface area contributed by atoms with Crippen molar-refractivity contribution in [1.29, 1.82) is 0 Å². The van der Waals surface area contributed by atoms with Gasteiger partial charge in [-0.1, -0.05) is 40.3 Å². The van der Waals surface area contributed by atoms with Crippen molar-refractivity contribution in [2.45, 2.75) is 111 Å². The summed E-state index contributed by atoms with van der Waals surface area (Å²) in [5, 5.41) is 8.08. The van der Waals surface area contributed by atoms with E-state index in [9.17, 15) is 24.0 Å². The number of hydrogen-bond acceptors (Lipinski definition) is 11. The number of cyclic esters (lactones) is 1. The topological polar surface area (TPSA) is 172 Å². The lowest BCUT2D eigenvalue weighted by Crippen LogP contribution is -2.65. The van der Waals surface area contributed by atoms with Crippen molar-refractivity contribution in [1.82, 2.24) is 45.0 Å². The lowest BCUT2D eigenvalue weighted by molar-refractivity contribution is -0.155. The average molecular weight is 1060 g/mol. The Hall–Kier alpha value is -4.25. The summed E-state index contributed by atoms with van der Waals surface area (Å²) >= 11 is 1.40. The number of hydrazine groups is 1. The molecule has 7 rings (SSSR count). The molecule has 2 fully saturated rings. The van der Waals surface area contributed by atoms with Crippen LogP contribution in [0.2, 0.25) is 0 Å². The van der Waals surface area contributed by atoms with Crippen LogP contribution in [0, 0.1) is 11.3 Å². The van der Waals surface area contributed by atoms with E-state index >= 15 is 0 Å². The van der Waals surface area contributed by atoms with Crippen molar-refractivity contribution in [3.63, 3.8) is 0 Å². The highest BCUT2D eigenvalue weighted by Crippen LogP contribution is 2.42. The zero-order valence-corrected chi connectivity index (χ0v) is 46.8. The Morgan fingerprint density at radius 2 is 1.79 bits per heavy atom. The number of carbonyl (C=O) groups excluding carboxylic acids is 5. The van der Waals surface area contributed by atoms with Crippen LogP contribution in [0.4, 0.5) is 4.79 Å². The molecular weight excluding hydrogens is 987 g/mol. The van der Waals surface area contributed by atoms with Crippen molar-refractivity contribution in [2.24, 2.45) is 11.3 Å². The van der Waals surface area contributed by atoms with E-state index in [0.717, 1.165) is 44.7 Å². The number of carbonyl (C=O) groups is 5. The quantitative estimate of drug-likeness (QED) is 0.133. The molecule has 3 aliphatic rings. The van der Waals surface area contributed by atoms with Gasteiger partial charge in [0, 0.05) is 98.4 Å². The summed E-state index contributed by atoms with van der Waals surface area (Å²) in [5.74, 6) is -1.88. The third-order valence-corrected chi connectivity index (χ3v) is 14.0. The molecule has 2 saturated heterocycles. The molecule has 386 valence electrons. The predicted octanol–water partition coefficient (Wildman–Crippen LogP) is 6.45. The number of nitrogens with one attached hydrogen (secondary N) is 2. The first-order valence-corrected chi connectivity index (χ1v) is 23.8. The van der Waals surface area contributed by atoms with E-state index in [1.165, 1.54) is 21.2 Å². The Morgan fingerprint density at radius 1 is 1.09 bits per heavy atom. The molecule has 3 aromatic heterocycles. The maximum absolute atomic E-state index is 14.6. The number of esters is 1. The van der Waals surface area contributed by atoms with Gasteiger partial charge in [0.1, 0.15) is 18.1 Å². The number of ether oxygens (including phenoxy) is 2. The minimum atomic E-state index is -1.09. The van der Waals surface area contributed by atoms with Crippen LogP contribution in [0.15, 0.2) is 54.1 Å². The van der Waals surface area contributed by atoms with Crippen LogP contribution in [-0.2, 0) is 48.0 Å². The molecule has 2 N–H and O–H groups in total. The van der Waals surface area contributed by atoms with Gasteiger partial charge in [0.15, 0.2) is 0 Å². The molecule has 16 nitrogen and oxygen atoms in total. The number of urea groups is 1. The number of nitrogens with zero attached hydrogens (tertiary/aromatic N) is 7. The van der Waals surface area contributed by atoms with Gasteiger partial charge in [0.05, 0.1) is 40.8 Å². The summed E-state index contributed by atoms with van der Waals surface area (Å²) in [5.41, 5.74) is 9.66. The van der Waals surface area contributed by atoms with Crippen molar-refractivity contribution in [3.05, 3.63) is 70.3 Å². The van der Waals surface area contributed by atoms with E-state index < -0.39 is 41.3 Å². The first-order valence-electron chi connectivity index (χ1n) is 22.9. The number of fused-ring (bicyclic) bond motifs is 6. The summed E-state index contributed by atoms with van der Waals surface area (Å²) < 4.78 is 14.2. The van der Waals surface area contributed by atoms with Gasteiger partial charge < -0.3 is 34.1 Å². The van der Waals surface area contributed by atoms with Crippen LogP contribution in [0.1, 0.15) is 83.7 Å². The lowest BCUT2D eigenvalue weighted by atomic mass is 9.84. The van der Waals surface area contributed by atoms with Crippen LogP contribution in [0.25, 0.3) is 33.4 Å². The largest absolute Gasteiger partial charge is 0.464 e. The number of thiazole rings is 1. The first-order chi connectivity index (χ1) is 31.3. The molecule has 5 amide bonds.